The predicted octanol–water partition coefficient (Wildman–Crippen LogP) is 5.87. The van der Waals surface area contributed by atoms with E-state index in [1.54, 1.807) is 84.9 Å². The highest BCUT2D eigenvalue weighted by Crippen LogP contribution is 2.34. The van der Waals surface area contributed by atoms with E-state index < -0.39 is 26.0 Å². The Balaban J connectivity index is 1.10. The number of anilines is 2. The lowest BCUT2D eigenvalue weighted by Crippen LogP contribution is -2.18. The second-order valence-corrected chi connectivity index (χ2v) is 17.5. The molecule has 0 unspecified atom stereocenters. The molecule has 7 aromatic rings. The second-order valence-electron chi connectivity index (χ2n) is 12.0. The summed E-state index contributed by atoms with van der Waals surface area (Å²) in [6.07, 6.45) is 2.38. The number of nitrogens with zero attached hydrogens (tertiary/aromatic N) is 6. The van der Waals surface area contributed by atoms with Crippen LogP contribution in [-0.2, 0) is 29.6 Å². The van der Waals surface area contributed by atoms with Crippen LogP contribution in [0.15, 0.2) is 133 Å². The first-order valence-corrected chi connectivity index (χ1v) is 21.7. The van der Waals surface area contributed by atoms with Crippen LogP contribution in [0.3, 0.4) is 0 Å². The van der Waals surface area contributed by atoms with E-state index in [4.69, 9.17) is 8.83 Å². The Morgan fingerprint density at radius 1 is 0.661 bits per heavy atom. The molecule has 286 valence electrons. The standard InChI is InChI=1S/C36H30N8O8S4/c1-23-13-15-27(16-14-23)56(49,50)44-34(40-42-36(44)54-21-31(45)37-25-9-4-3-5-10-25)30-18-17-28(52-30)24-8-6-11-26(20-24)38-32(46)22-53-35-41-39-33(29-12-7-19-51-29)43(35)55(2,47)48/h3-20H,21-22H2,1-2H3,(H,37,45)(H,38,46). The number of hydrogen-bond donors (Lipinski definition) is 2. The summed E-state index contributed by atoms with van der Waals surface area (Å²) in [4.78, 5) is 25.7. The summed E-state index contributed by atoms with van der Waals surface area (Å²) >= 11 is 1.78. The lowest BCUT2D eigenvalue weighted by molar-refractivity contribution is -0.114. The number of nitrogens with one attached hydrogen (secondary N) is 2. The predicted molar refractivity (Wildman–Crippen MR) is 210 cm³/mol. The van der Waals surface area contributed by atoms with Crippen molar-refractivity contribution in [3.8, 4) is 34.5 Å². The van der Waals surface area contributed by atoms with Gasteiger partial charge in [0.2, 0.25) is 43.8 Å². The van der Waals surface area contributed by atoms with E-state index in [0.717, 1.165) is 43.3 Å². The molecule has 0 aliphatic rings. The number of carbonyl (C=O) groups is 2. The molecule has 0 bridgehead atoms. The van der Waals surface area contributed by atoms with Crippen LogP contribution >= 0.6 is 23.5 Å². The van der Waals surface area contributed by atoms with Gasteiger partial charge < -0.3 is 19.5 Å². The summed E-state index contributed by atoms with van der Waals surface area (Å²) in [5.74, 6) is -0.678. The van der Waals surface area contributed by atoms with Crippen LogP contribution in [0.5, 0.6) is 0 Å². The molecule has 0 atom stereocenters. The first-order chi connectivity index (χ1) is 26.9. The van der Waals surface area contributed by atoms with E-state index in [2.05, 4.69) is 31.0 Å². The number of rotatable bonds is 14. The molecule has 3 aromatic carbocycles. The lowest BCUT2D eigenvalue weighted by atomic mass is 10.1. The Morgan fingerprint density at radius 2 is 1.27 bits per heavy atom. The minimum atomic E-state index is -4.27. The van der Waals surface area contributed by atoms with Crippen molar-refractivity contribution >= 4 is 66.8 Å². The van der Waals surface area contributed by atoms with Gasteiger partial charge in [0, 0.05) is 16.9 Å². The number of carbonyl (C=O) groups excluding carboxylic acids is 2. The number of amides is 2. The topological polar surface area (TPSA) is 214 Å². The minimum absolute atomic E-state index is 0.0114. The molecule has 0 aliphatic carbocycles. The van der Waals surface area contributed by atoms with E-state index in [0.29, 0.717) is 22.7 Å². The molecule has 0 aliphatic heterocycles. The SMILES string of the molecule is Cc1ccc(S(=O)(=O)n2c(SCC(=O)Nc3ccccc3)nnc2-c2ccc(-c3cccc(NC(=O)CSc4nnc(-c5ccco5)n4S(C)(=O)=O)c3)o2)cc1. The Morgan fingerprint density at radius 3 is 1.91 bits per heavy atom. The number of aryl methyl sites for hydroxylation is 1. The number of aromatic nitrogens is 6. The maximum atomic E-state index is 14.1. The molecule has 0 saturated carbocycles. The third kappa shape index (κ3) is 8.47. The highest BCUT2D eigenvalue weighted by Gasteiger charge is 2.29. The fourth-order valence-corrected chi connectivity index (χ4v) is 9.61. The average Bonchev–Trinajstić information content (AvgIpc) is 4.00. The van der Waals surface area contributed by atoms with Gasteiger partial charge in [0.15, 0.2) is 11.5 Å². The van der Waals surface area contributed by atoms with E-state index >= 15 is 0 Å². The molecule has 16 nitrogen and oxygen atoms in total. The smallest absolute Gasteiger partial charge is 0.271 e. The highest BCUT2D eigenvalue weighted by atomic mass is 32.2. The third-order valence-corrected chi connectivity index (χ3v) is 12.6. The van der Waals surface area contributed by atoms with Crippen molar-refractivity contribution in [1.82, 2.24) is 28.3 Å². The Labute approximate surface area is 328 Å². The van der Waals surface area contributed by atoms with Crippen LogP contribution in [0, 0.1) is 6.92 Å². The first-order valence-electron chi connectivity index (χ1n) is 16.5. The van der Waals surface area contributed by atoms with Crippen molar-refractivity contribution in [3.63, 3.8) is 0 Å². The molecular formula is C36H30N8O8S4. The van der Waals surface area contributed by atoms with Crippen LogP contribution in [0.25, 0.3) is 34.5 Å². The molecule has 2 N–H and O–H groups in total. The van der Waals surface area contributed by atoms with Gasteiger partial charge >= 0.3 is 0 Å². The lowest BCUT2D eigenvalue weighted by Gasteiger charge is -2.11. The van der Waals surface area contributed by atoms with Gasteiger partial charge in [-0.1, -0.05) is 71.6 Å². The summed E-state index contributed by atoms with van der Waals surface area (Å²) in [7, 11) is -8.11. The Kier molecular flexibility index (Phi) is 11.0. The van der Waals surface area contributed by atoms with E-state index in [1.807, 2.05) is 13.0 Å². The monoisotopic (exact) mass is 830 g/mol. The number of furan rings is 2. The minimum Gasteiger partial charge on any atom is -0.461 e. The van der Waals surface area contributed by atoms with Gasteiger partial charge in [0.1, 0.15) is 5.76 Å². The van der Waals surface area contributed by atoms with Crippen LogP contribution in [-0.4, -0.2) is 74.8 Å². The zero-order valence-electron chi connectivity index (χ0n) is 29.4. The van der Waals surface area contributed by atoms with Crippen molar-refractivity contribution in [2.45, 2.75) is 22.1 Å². The molecule has 4 aromatic heterocycles. The van der Waals surface area contributed by atoms with Crippen molar-refractivity contribution in [1.29, 1.82) is 0 Å². The summed E-state index contributed by atoms with van der Waals surface area (Å²) in [6, 6.07) is 28.2. The number of para-hydroxylation sites is 1. The number of thioether (sulfide) groups is 2. The summed E-state index contributed by atoms with van der Waals surface area (Å²) in [5, 5.41) is 21.7. The fraction of sp³-hybridized carbons (Fsp3) is 0.111. The molecule has 0 radical (unpaired) electrons. The fourth-order valence-electron chi connectivity index (χ4n) is 5.27. The average molecular weight is 831 g/mol. The summed E-state index contributed by atoms with van der Waals surface area (Å²) in [6.45, 7) is 1.84. The number of benzene rings is 3. The summed E-state index contributed by atoms with van der Waals surface area (Å²) in [5.41, 5.74) is 2.41. The molecule has 0 saturated heterocycles. The normalized spacial score (nSPS) is 11.8. The zero-order chi connectivity index (χ0) is 39.5. The second kappa shape index (κ2) is 16.0. The van der Waals surface area contributed by atoms with E-state index in [9.17, 15) is 26.4 Å². The largest absolute Gasteiger partial charge is 0.461 e. The molecule has 56 heavy (non-hydrogen) atoms. The van der Waals surface area contributed by atoms with Gasteiger partial charge in [-0.3, -0.25) is 9.59 Å². The molecule has 20 heteroatoms. The van der Waals surface area contributed by atoms with Crippen molar-refractivity contribution < 1.29 is 35.3 Å². The molecule has 2 amide bonds. The maximum Gasteiger partial charge on any atom is 0.271 e. The van der Waals surface area contributed by atoms with Gasteiger partial charge in [-0.15, -0.1) is 20.4 Å². The van der Waals surface area contributed by atoms with E-state index in [1.165, 1.54) is 18.4 Å². The molecule has 0 spiro atoms. The van der Waals surface area contributed by atoms with Crippen molar-refractivity contribution in [2.24, 2.45) is 0 Å². The van der Waals surface area contributed by atoms with Crippen molar-refractivity contribution in [2.75, 3.05) is 28.4 Å². The Hall–Kier alpha value is -5.96. The molecule has 0 fully saturated rings. The Bertz CT molecular complexity index is 2750. The van der Waals surface area contributed by atoms with Gasteiger partial charge in [0.05, 0.1) is 28.9 Å². The van der Waals surface area contributed by atoms with Gasteiger partial charge in [-0.25, -0.2) is 16.8 Å². The van der Waals surface area contributed by atoms with Gasteiger partial charge in [0.25, 0.3) is 10.0 Å². The van der Waals surface area contributed by atoms with E-state index in [-0.39, 0.29) is 55.8 Å². The molecule has 7 rings (SSSR count). The zero-order valence-corrected chi connectivity index (χ0v) is 32.7. The van der Waals surface area contributed by atoms with Crippen molar-refractivity contribution in [3.05, 3.63) is 115 Å². The van der Waals surface area contributed by atoms with Gasteiger partial charge in [-0.2, -0.15) is 7.94 Å². The summed E-state index contributed by atoms with van der Waals surface area (Å²) < 4.78 is 66.6. The van der Waals surface area contributed by atoms with Crippen LogP contribution < -0.4 is 10.6 Å². The van der Waals surface area contributed by atoms with Gasteiger partial charge in [-0.05, 0) is 67.6 Å². The highest BCUT2D eigenvalue weighted by molar-refractivity contribution is 8.00. The van der Waals surface area contributed by atoms with Crippen LogP contribution in [0.4, 0.5) is 11.4 Å². The third-order valence-electron chi connectivity index (χ3n) is 7.80. The quantitative estimate of drug-likeness (QED) is 0.123. The molecule has 4 heterocycles. The first kappa shape index (κ1) is 38.3. The number of hydrogen-bond acceptors (Lipinski definition) is 14. The van der Waals surface area contributed by atoms with Crippen LogP contribution in [0.1, 0.15) is 5.56 Å². The van der Waals surface area contributed by atoms with Crippen LogP contribution in [0.2, 0.25) is 0 Å². The maximum absolute atomic E-state index is 14.1. The molecular weight excluding hydrogens is 801 g/mol.